The number of ether oxygens (including phenoxy) is 2. The minimum Gasteiger partial charge on any atom is -0.488 e. The van der Waals surface area contributed by atoms with E-state index in [1.807, 2.05) is 19.1 Å². The number of halogens is 2. The Bertz CT molecular complexity index is 782. The molecule has 0 unspecified atom stereocenters. The van der Waals surface area contributed by atoms with Crippen molar-refractivity contribution in [2.45, 2.75) is 26.9 Å². The molecule has 0 radical (unpaired) electrons. The van der Waals surface area contributed by atoms with Crippen molar-refractivity contribution in [2.24, 2.45) is 0 Å². The molecule has 0 atom stereocenters. The molecule has 2 rings (SSSR count). The van der Waals surface area contributed by atoms with Gasteiger partial charge in [0.15, 0.2) is 0 Å². The van der Waals surface area contributed by atoms with Crippen molar-refractivity contribution in [3.8, 4) is 5.75 Å². The molecule has 0 bridgehead atoms. The summed E-state index contributed by atoms with van der Waals surface area (Å²) >= 11 is 3.44. The molecule has 134 valence electrons. The van der Waals surface area contributed by atoms with Gasteiger partial charge in [-0.3, -0.25) is 5.21 Å². The molecule has 0 aromatic heterocycles. The Morgan fingerprint density at radius 1 is 1.36 bits per heavy atom. The maximum Gasteiger partial charge on any atom is 0.438 e. The third-order valence-electron chi connectivity index (χ3n) is 3.81. The Morgan fingerprint density at radius 2 is 2.08 bits per heavy atom. The normalized spacial score (nSPS) is 10.5. The number of hydrogen-bond donors (Lipinski definition) is 1. The number of nitrogens with zero attached hydrogens (tertiary/aromatic N) is 1. The molecule has 5 nitrogen and oxygen atoms in total. The summed E-state index contributed by atoms with van der Waals surface area (Å²) in [6.07, 6.45) is -0.128. The number of anilines is 1. The first-order chi connectivity index (χ1) is 11.9. The van der Waals surface area contributed by atoms with Crippen LogP contribution in [0, 0.1) is 12.7 Å². The number of hydroxylamine groups is 1. The van der Waals surface area contributed by atoms with Crippen molar-refractivity contribution < 1.29 is 23.9 Å². The molecule has 1 amide bonds. The summed E-state index contributed by atoms with van der Waals surface area (Å²) in [6, 6.07) is 7.84. The lowest BCUT2D eigenvalue weighted by molar-refractivity contribution is 0.140. The van der Waals surface area contributed by atoms with Gasteiger partial charge in [-0.05, 0) is 64.7 Å². The lowest BCUT2D eigenvalue weighted by Gasteiger charge is -2.18. The van der Waals surface area contributed by atoms with Crippen LogP contribution in [0.4, 0.5) is 14.9 Å². The van der Waals surface area contributed by atoms with Crippen molar-refractivity contribution in [2.75, 3.05) is 12.2 Å². The van der Waals surface area contributed by atoms with Crippen molar-refractivity contribution >= 4 is 27.7 Å². The minimum absolute atomic E-state index is 0.0372. The van der Waals surface area contributed by atoms with Crippen molar-refractivity contribution in [1.29, 1.82) is 0 Å². The van der Waals surface area contributed by atoms with Crippen LogP contribution in [0.15, 0.2) is 34.8 Å². The zero-order valence-electron chi connectivity index (χ0n) is 14.2. The van der Waals surface area contributed by atoms with Gasteiger partial charge in [0.1, 0.15) is 18.2 Å². The molecule has 25 heavy (non-hydrogen) atoms. The average molecular weight is 412 g/mol. The topological polar surface area (TPSA) is 59.0 Å². The van der Waals surface area contributed by atoms with Gasteiger partial charge in [-0.1, -0.05) is 13.0 Å². The van der Waals surface area contributed by atoms with E-state index in [0.29, 0.717) is 5.75 Å². The fourth-order valence-corrected chi connectivity index (χ4v) is 2.92. The van der Waals surface area contributed by atoms with Gasteiger partial charge >= 0.3 is 6.09 Å². The number of hydrogen-bond acceptors (Lipinski definition) is 4. The van der Waals surface area contributed by atoms with E-state index >= 15 is 0 Å². The lowest BCUT2D eigenvalue weighted by atomic mass is 10.1. The van der Waals surface area contributed by atoms with Gasteiger partial charge in [0.25, 0.3) is 0 Å². The molecular weight excluding hydrogens is 393 g/mol. The smallest absolute Gasteiger partial charge is 0.438 e. The highest BCUT2D eigenvalue weighted by Gasteiger charge is 2.20. The second-order valence-electron chi connectivity index (χ2n) is 5.37. The molecule has 1 N–H and O–H groups in total. The van der Waals surface area contributed by atoms with E-state index < -0.39 is 11.9 Å². The molecule has 0 fully saturated rings. The Morgan fingerprint density at radius 3 is 2.72 bits per heavy atom. The monoisotopic (exact) mass is 411 g/mol. The maximum absolute atomic E-state index is 14.2. The van der Waals surface area contributed by atoms with Crippen molar-refractivity contribution in [3.63, 3.8) is 0 Å². The van der Waals surface area contributed by atoms with E-state index in [-0.39, 0.29) is 22.9 Å². The predicted molar refractivity (Wildman–Crippen MR) is 95.7 cm³/mol. The molecule has 2 aromatic carbocycles. The van der Waals surface area contributed by atoms with Gasteiger partial charge in [0, 0.05) is 0 Å². The van der Waals surface area contributed by atoms with E-state index in [2.05, 4.69) is 27.6 Å². The molecule has 0 heterocycles. The second kappa shape index (κ2) is 8.31. The largest absolute Gasteiger partial charge is 0.488 e. The van der Waals surface area contributed by atoms with Crippen molar-refractivity contribution in [3.05, 3.63) is 57.3 Å². The van der Waals surface area contributed by atoms with E-state index in [0.717, 1.165) is 23.6 Å². The Kier molecular flexibility index (Phi) is 6.39. The first-order valence-electron chi connectivity index (χ1n) is 7.65. The van der Waals surface area contributed by atoms with Gasteiger partial charge in [-0.15, -0.1) is 0 Å². The van der Waals surface area contributed by atoms with Crippen LogP contribution >= 0.6 is 15.9 Å². The van der Waals surface area contributed by atoms with Gasteiger partial charge in [-0.2, -0.15) is 5.06 Å². The summed E-state index contributed by atoms with van der Waals surface area (Å²) in [5.41, 5.74) is 2.25. The first-order valence-corrected chi connectivity index (χ1v) is 8.44. The highest BCUT2D eigenvalue weighted by molar-refractivity contribution is 9.10. The van der Waals surface area contributed by atoms with Gasteiger partial charge in [0.05, 0.1) is 22.8 Å². The van der Waals surface area contributed by atoms with E-state index in [1.54, 1.807) is 0 Å². The molecule has 0 aliphatic carbocycles. The summed E-state index contributed by atoms with van der Waals surface area (Å²) in [5, 5.41) is 10.1. The van der Waals surface area contributed by atoms with Crippen LogP contribution in [0.2, 0.25) is 0 Å². The number of carbonyl (C=O) groups excluding carboxylic acids is 1. The third kappa shape index (κ3) is 4.29. The van der Waals surface area contributed by atoms with Crippen LogP contribution < -0.4 is 9.80 Å². The van der Waals surface area contributed by atoms with Gasteiger partial charge in [-0.25, -0.2) is 9.18 Å². The summed E-state index contributed by atoms with van der Waals surface area (Å²) < 4.78 is 25.1. The van der Waals surface area contributed by atoms with Crippen LogP contribution in [0.1, 0.15) is 23.6 Å². The number of carbonyl (C=O) groups is 1. The zero-order valence-corrected chi connectivity index (χ0v) is 15.8. The molecule has 0 saturated carbocycles. The maximum atomic E-state index is 14.2. The Hall–Kier alpha value is -2.12. The highest BCUT2D eigenvalue weighted by Crippen LogP contribution is 2.31. The molecule has 2 aromatic rings. The third-order valence-corrected chi connectivity index (χ3v) is 4.43. The van der Waals surface area contributed by atoms with Gasteiger partial charge < -0.3 is 9.47 Å². The summed E-state index contributed by atoms with van der Waals surface area (Å²) in [5.74, 6) is -0.0510. The Labute approximate surface area is 154 Å². The standard InChI is InChI=1S/C18H19BrFNO4/c1-4-12-9-14(19)17(8-11(12)2)25-10-13-15(20)6-5-7-16(13)21(23)18(22)24-3/h5-9,23H,4,10H2,1-3H3. The SMILES string of the molecule is CCc1cc(Br)c(OCc2c(F)cccc2N(O)C(=O)OC)cc1C. The van der Waals surface area contributed by atoms with Gasteiger partial charge in [0.2, 0.25) is 0 Å². The minimum atomic E-state index is -1.02. The van der Waals surface area contributed by atoms with Crippen LogP contribution in [0.5, 0.6) is 5.75 Å². The Balaban J connectivity index is 2.30. The predicted octanol–water partition coefficient (Wildman–Crippen LogP) is 5.00. The second-order valence-corrected chi connectivity index (χ2v) is 6.23. The molecule has 0 saturated heterocycles. The summed E-state index contributed by atoms with van der Waals surface area (Å²) in [4.78, 5) is 11.5. The number of aryl methyl sites for hydroxylation is 2. The van der Waals surface area contributed by atoms with Crippen LogP contribution in [-0.2, 0) is 17.8 Å². The van der Waals surface area contributed by atoms with Crippen LogP contribution in [-0.4, -0.2) is 18.4 Å². The fraction of sp³-hybridized carbons (Fsp3) is 0.278. The number of methoxy groups -OCH3 is 1. The molecular formula is C18H19BrFNO4. The number of benzene rings is 2. The summed E-state index contributed by atoms with van der Waals surface area (Å²) in [6.45, 7) is 3.86. The van der Waals surface area contributed by atoms with E-state index in [9.17, 15) is 14.4 Å². The quantitative estimate of drug-likeness (QED) is 0.555. The molecule has 7 heteroatoms. The van der Waals surface area contributed by atoms with Crippen LogP contribution in [0.3, 0.4) is 0 Å². The number of amides is 1. The first kappa shape index (κ1) is 19.2. The summed E-state index contributed by atoms with van der Waals surface area (Å²) in [7, 11) is 1.12. The van der Waals surface area contributed by atoms with E-state index in [1.165, 1.54) is 23.8 Å². The van der Waals surface area contributed by atoms with Crippen LogP contribution in [0.25, 0.3) is 0 Å². The molecule has 0 spiro atoms. The highest BCUT2D eigenvalue weighted by atomic mass is 79.9. The van der Waals surface area contributed by atoms with Crippen molar-refractivity contribution in [1.82, 2.24) is 0 Å². The number of rotatable bonds is 5. The van der Waals surface area contributed by atoms with E-state index in [4.69, 9.17) is 4.74 Å². The molecule has 0 aliphatic rings. The molecule has 0 aliphatic heterocycles. The average Bonchev–Trinajstić information content (AvgIpc) is 2.61. The fourth-order valence-electron chi connectivity index (χ4n) is 2.41. The lowest BCUT2D eigenvalue weighted by Crippen LogP contribution is -2.28. The zero-order chi connectivity index (χ0) is 18.6.